The molecular weight excluding hydrogens is 300 g/mol. The van der Waals surface area contributed by atoms with Crippen LogP contribution in [0.25, 0.3) is 0 Å². The molecule has 0 radical (unpaired) electrons. The molecule has 0 aromatic heterocycles. The summed E-state index contributed by atoms with van der Waals surface area (Å²) in [6, 6.07) is 8.01. The lowest BCUT2D eigenvalue weighted by Gasteiger charge is -2.32. The lowest BCUT2D eigenvalue weighted by Crippen LogP contribution is -2.43. The van der Waals surface area contributed by atoms with E-state index in [2.05, 4.69) is 48.1 Å². The lowest BCUT2D eigenvalue weighted by molar-refractivity contribution is 0.0933. The van der Waals surface area contributed by atoms with E-state index in [4.69, 9.17) is 5.73 Å². The van der Waals surface area contributed by atoms with Gasteiger partial charge in [0, 0.05) is 50.9 Å². The number of piperazine rings is 1. The highest BCUT2D eigenvalue weighted by atomic mass is 16.1. The van der Waals surface area contributed by atoms with Crippen molar-refractivity contribution < 1.29 is 4.79 Å². The second kappa shape index (κ2) is 9.16. The van der Waals surface area contributed by atoms with Crippen LogP contribution in [0.4, 0.5) is 0 Å². The molecule has 0 bridgehead atoms. The van der Waals surface area contributed by atoms with Gasteiger partial charge in [-0.1, -0.05) is 26.0 Å². The largest absolute Gasteiger partial charge is 0.348 e. The summed E-state index contributed by atoms with van der Waals surface area (Å²) in [5.41, 5.74) is 7.73. The highest BCUT2D eigenvalue weighted by Crippen LogP contribution is 2.11. The Labute approximate surface area is 146 Å². The third-order valence-corrected chi connectivity index (χ3v) is 4.59. The van der Waals surface area contributed by atoms with Gasteiger partial charge in [0.05, 0.1) is 0 Å². The van der Waals surface area contributed by atoms with Crippen LogP contribution in [0.1, 0.15) is 36.2 Å². The van der Waals surface area contributed by atoms with E-state index in [1.54, 1.807) is 0 Å². The van der Waals surface area contributed by atoms with Crippen molar-refractivity contribution in [1.82, 2.24) is 15.1 Å². The molecule has 2 rings (SSSR count). The molecule has 0 aliphatic carbocycles. The molecule has 134 valence electrons. The van der Waals surface area contributed by atoms with Crippen LogP contribution in [0.15, 0.2) is 24.3 Å². The van der Waals surface area contributed by atoms with Gasteiger partial charge in [0.15, 0.2) is 0 Å². The zero-order valence-corrected chi connectivity index (χ0v) is 15.3. The van der Waals surface area contributed by atoms with E-state index in [1.807, 2.05) is 12.1 Å². The van der Waals surface area contributed by atoms with Crippen LogP contribution in [-0.4, -0.2) is 61.5 Å². The highest BCUT2D eigenvalue weighted by Gasteiger charge is 2.15. The Balaban J connectivity index is 1.87. The van der Waals surface area contributed by atoms with Gasteiger partial charge < -0.3 is 16.0 Å². The highest BCUT2D eigenvalue weighted by molar-refractivity contribution is 5.94. The minimum atomic E-state index is -0.0303. The Kier molecular flexibility index (Phi) is 7.21. The number of benzene rings is 1. The number of nitrogens with one attached hydrogen (secondary N) is 1. The molecule has 1 aliphatic rings. The zero-order chi connectivity index (χ0) is 17.5. The summed E-state index contributed by atoms with van der Waals surface area (Å²) >= 11 is 0. The Morgan fingerprint density at radius 2 is 1.79 bits per heavy atom. The fourth-order valence-electron chi connectivity index (χ4n) is 3.08. The summed E-state index contributed by atoms with van der Waals surface area (Å²) in [6.45, 7) is 10.2. The number of nitrogens with two attached hydrogens (primary N) is 1. The third-order valence-electron chi connectivity index (χ3n) is 4.59. The first-order chi connectivity index (χ1) is 11.5. The van der Waals surface area contributed by atoms with Gasteiger partial charge in [0.1, 0.15) is 0 Å². The Hall–Kier alpha value is -1.43. The van der Waals surface area contributed by atoms with E-state index >= 15 is 0 Å². The first-order valence-corrected chi connectivity index (χ1v) is 8.98. The molecule has 0 saturated carbocycles. The lowest BCUT2D eigenvalue weighted by atomic mass is 10.0. The van der Waals surface area contributed by atoms with Crippen LogP contribution in [0, 0.1) is 5.92 Å². The molecule has 3 N–H and O–H groups in total. The van der Waals surface area contributed by atoms with Crippen molar-refractivity contribution in [3.63, 3.8) is 0 Å². The van der Waals surface area contributed by atoms with Crippen molar-refractivity contribution in [3.8, 4) is 0 Å². The maximum atomic E-state index is 12.4. The van der Waals surface area contributed by atoms with Crippen molar-refractivity contribution in [3.05, 3.63) is 35.4 Å². The van der Waals surface area contributed by atoms with E-state index in [9.17, 15) is 4.79 Å². The van der Waals surface area contributed by atoms with Gasteiger partial charge in [0.2, 0.25) is 0 Å². The maximum absolute atomic E-state index is 12.4. The summed E-state index contributed by atoms with van der Waals surface area (Å²) in [5, 5.41) is 3.04. The van der Waals surface area contributed by atoms with Crippen molar-refractivity contribution in [1.29, 1.82) is 0 Å². The van der Waals surface area contributed by atoms with Gasteiger partial charge in [-0.25, -0.2) is 0 Å². The predicted octanol–water partition coefficient (Wildman–Crippen LogP) is 1.54. The Morgan fingerprint density at radius 1 is 1.17 bits per heavy atom. The van der Waals surface area contributed by atoms with E-state index in [1.165, 1.54) is 5.56 Å². The fourth-order valence-corrected chi connectivity index (χ4v) is 3.08. The molecule has 24 heavy (non-hydrogen) atoms. The van der Waals surface area contributed by atoms with Crippen LogP contribution < -0.4 is 11.1 Å². The van der Waals surface area contributed by atoms with Crippen LogP contribution >= 0.6 is 0 Å². The van der Waals surface area contributed by atoms with Gasteiger partial charge in [0.25, 0.3) is 5.91 Å². The second-order valence-electron chi connectivity index (χ2n) is 7.31. The smallest absolute Gasteiger partial charge is 0.251 e. The molecule has 0 spiro atoms. The molecule has 1 unspecified atom stereocenters. The van der Waals surface area contributed by atoms with Gasteiger partial charge >= 0.3 is 0 Å². The van der Waals surface area contributed by atoms with Crippen LogP contribution in [-0.2, 0) is 6.54 Å². The number of rotatable bonds is 7. The standard InChI is InChI=1S/C19H32N4O/c1-15(2)12-18(13-20)21-19(24)17-6-4-16(5-7-17)14-23-10-8-22(3)9-11-23/h4-7,15,18H,8-14,20H2,1-3H3,(H,21,24). The average molecular weight is 332 g/mol. The second-order valence-corrected chi connectivity index (χ2v) is 7.31. The number of carbonyl (C=O) groups excluding carboxylic acids is 1. The molecule has 1 aromatic carbocycles. The Morgan fingerprint density at radius 3 is 2.33 bits per heavy atom. The molecule has 1 amide bonds. The summed E-state index contributed by atoms with van der Waals surface area (Å²) in [4.78, 5) is 17.2. The number of carbonyl (C=O) groups is 1. The van der Waals surface area contributed by atoms with Crippen molar-refractivity contribution in [2.45, 2.75) is 32.9 Å². The number of hydrogen-bond acceptors (Lipinski definition) is 4. The maximum Gasteiger partial charge on any atom is 0.251 e. The zero-order valence-electron chi connectivity index (χ0n) is 15.3. The van der Waals surface area contributed by atoms with Crippen molar-refractivity contribution >= 4 is 5.91 Å². The topological polar surface area (TPSA) is 61.6 Å². The van der Waals surface area contributed by atoms with E-state index in [-0.39, 0.29) is 11.9 Å². The van der Waals surface area contributed by atoms with Crippen LogP contribution in [0.3, 0.4) is 0 Å². The van der Waals surface area contributed by atoms with Gasteiger partial charge in [-0.05, 0) is 37.1 Å². The van der Waals surface area contributed by atoms with Gasteiger partial charge in [-0.15, -0.1) is 0 Å². The molecule has 1 fully saturated rings. The van der Waals surface area contributed by atoms with E-state index in [0.29, 0.717) is 18.0 Å². The molecule has 1 atom stereocenters. The Bertz CT molecular complexity index is 507. The fraction of sp³-hybridized carbons (Fsp3) is 0.632. The molecule has 1 saturated heterocycles. The number of hydrogen-bond donors (Lipinski definition) is 2. The summed E-state index contributed by atoms with van der Waals surface area (Å²) < 4.78 is 0. The molecular formula is C19H32N4O. The first-order valence-electron chi connectivity index (χ1n) is 8.98. The molecule has 1 aromatic rings. The quantitative estimate of drug-likeness (QED) is 0.795. The number of nitrogens with zero attached hydrogens (tertiary/aromatic N) is 2. The van der Waals surface area contributed by atoms with Crippen LogP contribution in [0.2, 0.25) is 0 Å². The van der Waals surface area contributed by atoms with Gasteiger partial charge in [-0.2, -0.15) is 0 Å². The van der Waals surface area contributed by atoms with Crippen molar-refractivity contribution in [2.24, 2.45) is 11.7 Å². The molecule has 1 heterocycles. The van der Waals surface area contributed by atoms with E-state index < -0.39 is 0 Å². The minimum Gasteiger partial charge on any atom is -0.348 e. The molecule has 1 aliphatic heterocycles. The minimum absolute atomic E-state index is 0.0303. The summed E-state index contributed by atoms with van der Waals surface area (Å²) in [5.74, 6) is 0.488. The SMILES string of the molecule is CC(C)CC(CN)NC(=O)c1ccc(CN2CCN(C)CC2)cc1. The normalized spacial score (nSPS) is 17.9. The predicted molar refractivity (Wildman–Crippen MR) is 99.0 cm³/mol. The average Bonchev–Trinajstić information content (AvgIpc) is 2.56. The third kappa shape index (κ3) is 5.89. The van der Waals surface area contributed by atoms with E-state index in [0.717, 1.165) is 39.1 Å². The number of likely N-dealkylation sites (N-methyl/N-ethyl adjacent to an activating group) is 1. The molecule has 5 heteroatoms. The van der Waals surface area contributed by atoms with Crippen LogP contribution in [0.5, 0.6) is 0 Å². The van der Waals surface area contributed by atoms with Crippen molar-refractivity contribution in [2.75, 3.05) is 39.8 Å². The monoisotopic (exact) mass is 332 g/mol. The summed E-state index contributed by atoms with van der Waals surface area (Å²) in [7, 11) is 2.17. The first kappa shape index (κ1) is 18.9. The molecule has 5 nitrogen and oxygen atoms in total. The summed E-state index contributed by atoms with van der Waals surface area (Å²) in [6.07, 6.45) is 0.906. The number of amides is 1. The van der Waals surface area contributed by atoms with Gasteiger partial charge in [-0.3, -0.25) is 9.69 Å².